The van der Waals surface area contributed by atoms with Crippen LogP contribution in [0.25, 0.3) is 5.65 Å². The van der Waals surface area contributed by atoms with E-state index in [1.807, 2.05) is 13.0 Å². The molecule has 10 nitrogen and oxygen atoms in total. The lowest BCUT2D eigenvalue weighted by Crippen LogP contribution is -2.41. The minimum Gasteiger partial charge on any atom is -0.375 e. The summed E-state index contributed by atoms with van der Waals surface area (Å²) in [4.78, 5) is 30.8. The van der Waals surface area contributed by atoms with E-state index in [2.05, 4.69) is 25.4 Å². The summed E-state index contributed by atoms with van der Waals surface area (Å²) in [5.41, 5.74) is -0.0201. The molecule has 0 unspecified atom stereocenters. The van der Waals surface area contributed by atoms with Gasteiger partial charge in [-0.3, -0.25) is 9.48 Å². The minimum atomic E-state index is -2.85. The van der Waals surface area contributed by atoms with Crippen molar-refractivity contribution in [1.82, 2.24) is 24.4 Å². The first kappa shape index (κ1) is 23.3. The highest BCUT2D eigenvalue weighted by Gasteiger charge is 2.27. The molecule has 2 fully saturated rings. The van der Waals surface area contributed by atoms with Gasteiger partial charge in [0.05, 0.1) is 30.6 Å². The summed E-state index contributed by atoms with van der Waals surface area (Å²) in [7, 11) is 0. The largest absolute Gasteiger partial charge is 0.375 e. The minimum absolute atomic E-state index is 0.00393. The molecule has 2 aliphatic rings. The van der Waals surface area contributed by atoms with Gasteiger partial charge in [-0.1, -0.05) is 0 Å². The third kappa shape index (κ3) is 4.75. The van der Waals surface area contributed by atoms with Crippen LogP contribution < -0.4 is 10.2 Å². The second kappa shape index (κ2) is 9.68. The molecule has 12 heteroatoms. The molecule has 0 radical (unpaired) electrons. The van der Waals surface area contributed by atoms with Gasteiger partial charge >= 0.3 is 0 Å². The van der Waals surface area contributed by atoms with Gasteiger partial charge in [0.1, 0.15) is 17.7 Å². The van der Waals surface area contributed by atoms with E-state index in [1.165, 1.54) is 21.6 Å². The second-order valence-electron chi connectivity index (χ2n) is 9.11. The van der Waals surface area contributed by atoms with Crippen LogP contribution in [0.3, 0.4) is 0 Å². The quantitative estimate of drug-likeness (QED) is 0.532. The monoisotopic (exact) mass is 487 g/mol. The zero-order valence-electron chi connectivity index (χ0n) is 19.3. The predicted octanol–water partition coefficient (Wildman–Crippen LogP) is 3.27. The SMILES string of the molecule is C[C@H]1CN(c2ccn3ncc(C(=O)Nc4cn([C@H]5CC[C@H](C=O)CC5)nc4C(F)F)c3n2)CCO1. The highest BCUT2D eigenvalue weighted by molar-refractivity contribution is 6.08. The molecule has 5 rings (SSSR count). The summed E-state index contributed by atoms with van der Waals surface area (Å²) in [5.74, 6) is 0.101. The zero-order chi connectivity index (χ0) is 24.5. The van der Waals surface area contributed by atoms with E-state index in [0.29, 0.717) is 56.8 Å². The molecular weight excluding hydrogens is 460 g/mol. The summed E-state index contributed by atoms with van der Waals surface area (Å²) >= 11 is 0. The van der Waals surface area contributed by atoms with Crippen molar-refractivity contribution in [3.8, 4) is 0 Å². The number of carbonyl (C=O) groups is 2. The number of nitrogens with zero attached hydrogens (tertiary/aromatic N) is 6. The number of halogens is 2. The summed E-state index contributed by atoms with van der Waals surface area (Å²) in [6.07, 6.45) is 5.42. The van der Waals surface area contributed by atoms with Gasteiger partial charge in [0.15, 0.2) is 11.3 Å². The van der Waals surface area contributed by atoms with E-state index in [0.717, 1.165) is 6.29 Å². The molecule has 186 valence electrons. The molecule has 4 heterocycles. The molecule has 0 bridgehead atoms. The summed E-state index contributed by atoms with van der Waals surface area (Å²) in [6.45, 7) is 3.91. The number of amides is 1. The standard InChI is InChI=1S/C23H27F2N7O3/c1-14-11-30(8-9-35-14)19-6-7-31-22(28-19)17(10-26-31)23(34)27-18-12-32(29-20(18)21(24)25)16-4-2-15(13-33)3-5-16/h6-7,10,12-16,21H,2-5,8-9,11H2,1H3,(H,27,34)/t14-,15-,16-/m0/s1. The molecular formula is C23H27F2N7O3. The fourth-order valence-corrected chi connectivity index (χ4v) is 4.76. The number of alkyl halides is 2. The van der Waals surface area contributed by atoms with Crippen LogP contribution in [0.2, 0.25) is 0 Å². The van der Waals surface area contributed by atoms with E-state index in [-0.39, 0.29) is 29.3 Å². The molecule has 0 aromatic carbocycles. The highest BCUT2D eigenvalue weighted by atomic mass is 19.3. The van der Waals surface area contributed by atoms with Crippen LogP contribution in [-0.4, -0.2) is 62.4 Å². The predicted molar refractivity (Wildman–Crippen MR) is 123 cm³/mol. The van der Waals surface area contributed by atoms with E-state index < -0.39 is 18.0 Å². The Morgan fingerprint density at radius 1 is 1.29 bits per heavy atom. The third-order valence-corrected chi connectivity index (χ3v) is 6.69. The molecule has 3 aromatic rings. The number of aldehydes is 1. The van der Waals surface area contributed by atoms with Crippen LogP contribution in [0.1, 0.15) is 61.1 Å². The van der Waals surface area contributed by atoms with Gasteiger partial charge in [-0.2, -0.15) is 10.2 Å². The van der Waals surface area contributed by atoms with Crippen LogP contribution in [0, 0.1) is 5.92 Å². The Bertz CT molecular complexity index is 1220. The number of aromatic nitrogens is 5. The average molecular weight is 488 g/mol. The number of hydrogen-bond donors (Lipinski definition) is 1. The lowest BCUT2D eigenvalue weighted by Gasteiger charge is -2.31. The van der Waals surface area contributed by atoms with Crippen molar-refractivity contribution < 1.29 is 23.1 Å². The van der Waals surface area contributed by atoms with Crippen molar-refractivity contribution in [2.24, 2.45) is 5.92 Å². The van der Waals surface area contributed by atoms with Gasteiger partial charge in [0.25, 0.3) is 12.3 Å². The number of morpholine rings is 1. The smallest absolute Gasteiger partial charge is 0.284 e. The number of nitrogens with one attached hydrogen (secondary N) is 1. The number of fused-ring (bicyclic) bond motifs is 1. The fourth-order valence-electron chi connectivity index (χ4n) is 4.76. The van der Waals surface area contributed by atoms with Crippen LogP contribution in [-0.2, 0) is 9.53 Å². The molecule has 1 saturated heterocycles. The molecule has 0 spiro atoms. The van der Waals surface area contributed by atoms with E-state index in [9.17, 15) is 18.4 Å². The van der Waals surface area contributed by atoms with Crippen LogP contribution >= 0.6 is 0 Å². The number of hydrogen-bond acceptors (Lipinski definition) is 7. The zero-order valence-corrected chi connectivity index (χ0v) is 19.3. The maximum Gasteiger partial charge on any atom is 0.284 e. The molecule has 1 atom stereocenters. The maximum absolute atomic E-state index is 13.7. The Kier molecular flexibility index (Phi) is 6.46. The molecule has 1 aliphatic heterocycles. The van der Waals surface area contributed by atoms with Crippen molar-refractivity contribution in [3.05, 3.63) is 35.9 Å². The first-order valence-electron chi connectivity index (χ1n) is 11.8. The number of rotatable bonds is 6. The number of anilines is 2. The molecule has 35 heavy (non-hydrogen) atoms. The van der Waals surface area contributed by atoms with Gasteiger partial charge in [-0.15, -0.1) is 0 Å². The molecule has 1 aliphatic carbocycles. The Labute approximate surface area is 200 Å². The lowest BCUT2D eigenvalue weighted by molar-refractivity contribution is -0.112. The van der Waals surface area contributed by atoms with Crippen molar-refractivity contribution in [2.75, 3.05) is 29.9 Å². The maximum atomic E-state index is 13.7. The van der Waals surface area contributed by atoms with Gasteiger partial charge in [-0.25, -0.2) is 18.3 Å². The van der Waals surface area contributed by atoms with Gasteiger partial charge in [0, 0.05) is 31.4 Å². The second-order valence-corrected chi connectivity index (χ2v) is 9.11. The Morgan fingerprint density at radius 3 is 2.80 bits per heavy atom. The Morgan fingerprint density at radius 2 is 2.09 bits per heavy atom. The number of carbonyl (C=O) groups excluding carboxylic acids is 2. The van der Waals surface area contributed by atoms with Gasteiger partial charge < -0.3 is 19.7 Å². The molecule has 1 N–H and O–H groups in total. The summed E-state index contributed by atoms with van der Waals surface area (Å²) in [5, 5.41) is 10.8. The van der Waals surface area contributed by atoms with E-state index in [1.54, 1.807) is 6.20 Å². The third-order valence-electron chi connectivity index (χ3n) is 6.69. The summed E-state index contributed by atoms with van der Waals surface area (Å²) in [6, 6.07) is 1.73. The van der Waals surface area contributed by atoms with Crippen molar-refractivity contribution in [2.45, 2.75) is 51.2 Å². The first-order chi connectivity index (χ1) is 16.9. The van der Waals surface area contributed by atoms with E-state index >= 15 is 0 Å². The van der Waals surface area contributed by atoms with Gasteiger partial charge in [0.2, 0.25) is 0 Å². The van der Waals surface area contributed by atoms with Crippen LogP contribution in [0.5, 0.6) is 0 Å². The Balaban J connectivity index is 1.38. The van der Waals surface area contributed by atoms with Crippen LogP contribution in [0.15, 0.2) is 24.7 Å². The molecule has 1 saturated carbocycles. The van der Waals surface area contributed by atoms with Crippen molar-refractivity contribution in [1.29, 1.82) is 0 Å². The van der Waals surface area contributed by atoms with Crippen LogP contribution in [0.4, 0.5) is 20.3 Å². The topological polar surface area (TPSA) is 107 Å². The van der Waals surface area contributed by atoms with Crippen molar-refractivity contribution in [3.63, 3.8) is 0 Å². The highest BCUT2D eigenvalue weighted by Crippen LogP contribution is 2.34. The molecule has 3 aromatic heterocycles. The van der Waals surface area contributed by atoms with Crippen molar-refractivity contribution >= 4 is 29.3 Å². The fraction of sp³-hybridized carbons (Fsp3) is 0.522. The van der Waals surface area contributed by atoms with Gasteiger partial charge in [-0.05, 0) is 38.7 Å². The van der Waals surface area contributed by atoms with E-state index in [4.69, 9.17) is 4.74 Å². The first-order valence-corrected chi connectivity index (χ1v) is 11.8. The summed E-state index contributed by atoms with van der Waals surface area (Å²) < 4.78 is 36.0. The molecule has 1 amide bonds. The number of ether oxygens (including phenoxy) is 1. The lowest BCUT2D eigenvalue weighted by atomic mass is 9.87. The Hall–Kier alpha value is -3.41. The normalized spacial score (nSPS) is 23.1. The average Bonchev–Trinajstić information content (AvgIpc) is 3.48.